The second kappa shape index (κ2) is 12.3. The second-order valence-electron chi connectivity index (χ2n) is 12.3. The Balaban J connectivity index is 1.98. The minimum atomic E-state index is -1.03. The third-order valence-corrected chi connectivity index (χ3v) is 8.86. The van der Waals surface area contributed by atoms with E-state index in [0.717, 1.165) is 25.7 Å². The summed E-state index contributed by atoms with van der Waals surface area (Å²) in [6.45, 7) is 17.0. The molecule has 0 bridgehead atoms. The van der Waals surface area contributed by atoms with Crippen LogP contribution in [0.4, 0.5) is 0 Å². The molecule has 2 heterocycles. The Morgan fingerprint density at radius 2 is 1.74 bits per heavy atom. The number of unbranched alkanes of at least 4 members (excludes halogenated alkanes) is 2. The molecule has 38 heavy (non-hydrogen) atoms. The molecule has 1 aromatic carbocycles. The number of hydrogen-bond donors (Lipinski definition) is 1. The molecule has 211 valence electrons. The Hall–Kier alpha value is -2.19. The van der Waals surface area contributed by atoms with E-state index in [1.807, 2.05) is 19.1 Å². The maximum absolute atomic E-state index is 14.3. The summed E-state index contributed by atoms with van der Waals surface area (Å²) < 4.78 is 12.7. The SMILES string of the molecule is CCCCC1(CCCC)Oc2ccccc2C(=O)N1C(=O)[C@H](C)[C@H]1NC(=O)[C@H]1[C@@H](CO[Si](C)C)C(C)(C)C. The van der Waals surface area contributed by atoms with Gasteiger partial charge in [-0.25, -0.2) is 4.90 Å². The number of imide groups is 1. The molecule has 0 spiro atoms. The Morgan fingerprint density at radius 3 is 2.26 bits per heavy atom. The van der Waals surface area contributed by atoms with Crippen LogP contribution in [0.1, 0.15) is 90.4 Å². The lowest BCUT2D eigenvalue weighted by atomic mass is 9.65. The zero-order chi connectivity index (χ0) is 28.3. The van der Waals surface area contributed by atoms with E-state index in [1.165, 1.54) is 4.90 Å². The standard InChI is InChI=1S/C30H47N2O5Si/c1-9-11-17-30(18-12-10-2)32(28(35)21-15-13-14-16-23(21)37-30)27(34)20(3)25-24(26(33)31-25)22(29(4,5)6)19-36-38(7)8/h13-16,20,22,24-25H,9-12,17-19H2,1-8H3,(H,31,33)/t20-,22-,24+,25-/m1/s1. The minimum absolute atomic E-state index is 0.0460. The number of fused-ring (bicyclic) bond motifs is 1. The summed E-state index contributed by atoms with van der Waals surface area (Å²) in [4.78, 5) is 42.7. The average Bonchev–Trinajstić information content (AvgIpc) is 2.85. The number of carbonyl (C=O) groups excluding carboxylic acids is 3. The zero-order valence-electron chi connectivity index (χ0n) is 24.6. The van der Waals surface area contributed by atoms with Crippen molar-refractivity contribution < 1.29 is 23.5 Å². The number of para-hydroxylation sites is 1. The fraction of sp³-hybridized carbons (Fsp3) is 0.700. The Morgan fingerprint density at radius 1 is 1.13 bits per heavy atom. The first-order chi connectivity index (χ1) is 17.9. The van der Waals surface area contributed by atoms with Crippen LogP contribution in [0.25, 0.3) is 0 Å². The summed E-state index contributed by atoms with van der Waals surface area (Å²) in [5.74, 6) is -1.09. The van der Waals surface area contributed by atoms with Crippen LogP contribution in [0, 0.1) is 23.2 Å². The van der Waals surface area contributed by atoms with E-state index in [0.29, 0.717) is 30.8 Å². The van der Waals surface area contributed by atoms with Gasteiger partial charge in [0.05, 0.1) is 23.4 Å². The molecule has 2 aliphatic heterocycles. The van der Waals surface area contributed by atoms with Crippen LogP contribution in [-0.2, 0) is 14.0 Å². The average molecular weight is 544 g/mol. The molecule has 7 nitrogen and oxygen atoms in total. The molecular formula is C30H47N2O5Si. The summed E-state index contributed by atoms with van der Waals surface area (Å²) in [7, 11) is -0.930. The summed E-state index contributed by atoms with van der Waals surface area (Å²) in [5.41, 5.74) is -0.803. The number of carbonyl (C=O) groups is 3. The van der Waals surface area contributed by atoms with Gasteiger partial charge in [0.15, 0.2) is 5.72 Å². The number of nitrogens with one attached hydrogen (secondary N) is 1. The van der Waals surface area contributed by atoms with E-state index in [4.69, 9.17) is 9.16 Å². The van der Waals surface area contributed by atoms with Crippen molar-refractivity contribution in [2.45, 2.75) is 105 Å². The second-order valence-corrected chi connectivity index (χ2v) is 14.4. The number of benzene rings is 1. The molecule has 0 saturated carbocycles. The topological polar surface area (TPSA) is 84.9 Å². The van der Waals surface area contributed by atoms with Crippen molar-refractivity contribution in [3.8, 4) is 5.75 Å². The highest BCUT2D eigenvalue weighted by Gasteiger charge is 2.56. The molecule has 1 aromatic rings. The smallest absolute Gasteiger partial charge is 0.267 e. The van der Waals surface area contributed by atoms with Crippen molar-refractivity contribution in [3.05, 3.63) is 29.8 Å². The molecule has 0 aliphatic carbocycles. The quantitative estimate of drug-likeness (QED) is 0.266. The van der Waals surface area contributed by atoms with E-state index >= 15 is 0 Å². The number of amides is 3. The molecule has 3 amide bonds. The number of hydrogen-bond acceptors (Lipinski definition) is 5. The van der Waals surface area contributed by atoms with Gasteiger partial charge in [-0.3, -0.25) is 14.4 Å². The highest BCUT2D eigenvalue weighted by atomic mass is 28.3. The van der Waals surface area contributed by atoms with Crippen LogP contribution in [0.3, 0.4) is 0 Å². The Bertz CT molecular complexity index is 997. The molecule has 3 rings (SSSR count). The first kappa shape index (κ1) is 30.3. The predicted octanol–water partition coefficient (Wildman–Crippen LogP) is 5.81. The Kier molecular flexibility index (Phi) is 9.85. The first-order valence-electron chi connectivity index (χ1n) is 14.3. The Labute approximate surface area is 230 Å². The van der Waals surface area contributed by atoms with Gasteiger partial charge in [-0.05, 0) is 49.4 Å². The van der Waals surface area contributed by atoms with Crippen LogP contribution in [0.15, 0.2) is 24.3 Å². The van der Waals surface area contributed by atoms with Crippen molar-refractivity contribution in [1.82, 2.24) is 10.2 Å². The molecule has 4 atom stereocenters. The summed E-state index contributed by atoms with van der Waals surface area (Å²) in [5, 5.41) is 3.01. The molecule has 1 saturated heterocycles. The van der Waals surface area contributed by atoms with Crippen molar-refractivity contribution in [2.75, 3.05) is 6.61 Å². The summed E-state index contributed by atoms with van der Waals surface area (Å²) in [6, 6.07) is 6.83. The van der Waals surface area contributed by atoms with Gasteiger partial charge >= 0.3 is 0 Å². The van der Waals surface area contributed by atoms with Gasteiger partial charge in [0, 0.05) is 19.4 Å². The van der Waals surface area contributed by atoms with Crippen LogP contribution in [-0.4, -0.2) is 50.0 Å². The molecular weight excluding hydrogens is 496 g/mol. The normalized spacial score (nSPS) is 22.3. The lowest BCUT2D eigenvalue weighted by Crippen LogP contribution is -2.69. The molecule has 0 aromatic heterocycles. The summed E-state index contributed by atoms with van der Waals surface area (Å²) >= 11 is 0. The van der Waals surface area contributed by atoms with Gasteiger partial charge in [0.2, 0.25) is 20.9 Å². The molecule has 8 heteroatoms. The summed E-state index contributed by atoms with van der Waals surface area (Å²) in [6.07, 6.45) is 4.69. The van der Waals surface area contributed by atoms with Crippen molar-refractivity contribution in [2.24, 2.45) is 23.2 Å². The monoisotopic (exact) mass is 543 g/mol. The number of β-lactam (4-membered cyclic amide) rings is 1. The van der Waals surface area contributed by atoms with Crippen molar-refractivity contribution >= 4 is 26.8 Å². The third-order valence-electron chi connectivity index (χ3n) is 8.11. The van der Waals surface area contributed by atoms with E-state index in [1.54, 1.807) is 12.1 Å². The van der Waals surface area contributed by atoms with Gasteiger partial charge in [-0.1, -0.05) is 66.5 Å². The van der Waals surface area contributed by atoms with Crippen molar-refractivity contribution in [3.63, 3.8) is 0 Å². The first-order valence-corrected chi connectivity index (χ1v) is 16.7. The molecule has 1 fully saturated rings. The largest absolute Gasteiger partial charge is 0.467 e. The number of ether oxygens (including phenoxy) is 1. The van der Waals surface area contributed by atoms with Gasteiger partial charge in [0.1, 0.15) is 5.75 Å². The number of rotatable bonds is 12. The van der Waals surface area contributed by atoms with Gasteiger partial charge < -0.3 is 14.5 Å². The van der Waals surface area contributed by atoms with E-state index in [9.17, 15) is 14.4 Å². The molecule has 2 aliphatic rings. The highest BCUT2D eigenvalue weighted by Crippen LogP contribution is 2.43. The molecule has 1 radical (unpaired) electrons. The lowest BCUT2D eigenvalue weighted by molar-refractivity contribution is -0.161. The fourth-order valence-electron chi connectivity index (χ4n) is 5.74. The van der Waals surface area contributed by atoms with E-state index in [-0.39, 0.29) is 41.0 Å². The van der Waals surface area contributed by atoms with E-state index < -0.39 is 20.7 Å². The highest BCUT2D eigenvalue weighted by molar-refractivity contribution is 6.48. The predicted molar refractivity (Wildman–Crippen MR) is 151 cm³/mol. The van der Waals surface area contributed by atoms with Gasteiger partial charge in [0.25, 0.3) is 5.91 Å². The third kappa shape index (κ3) is 6.17. The van der Waals surface area contributed by atoms with Crippen LogP contribution in [0.5, 0.6) is 5.75 Å². The molecule has 0 unspecified atom stereocenters. The van der Waals surface area contributed by atoms with Crippen LogP contribution >= 0.6 is 0 Å². The van der Waals surface area contributed by atoms with Gasteiger partial charge in [-0.2, -0.15) is 0 Å². The van der Waals surface area contributed by atoms with Crippen molar-refractivity contribution in [1.29, 1.82) is 0 Å². The fourth-order valence-corrected chi connectivity index (χ4v) is 6.25. The lowest BCUT2D eigenvalue weighted by Gasteiger charge is -2.51. The zero-order valence-corrected chi connectivity index (χ0v) is 25.6. The van der Waals surface area contributed by atoms with Gasteiger partial charge in [-0.15, -0.1) is 0 Å². The maximum atomic E-state index is 14.3. The minimum Gasteiger partial charge on any atom is -0.467 e. The maximum Gasteiger partial charge on any atom is 0.267 e. The van der Waals surface area contributed by atoms with Crippen LogP contribution in [0.2, 0.25) is 13.1 Å². The number of nitrogens with zero attached hydrogens (tertiary/aromatic N) is 1. The molecule has 1 N–H and O–H groups in total. The van der Waals surface area contributed by atoms with Crippen LogP contribution < -0.4 is 10.1 Å². The van der Waals surface area contributed by atoms with E-state index in [2.05, 4.69) is 53.0 Å².